The third-order valence-electron chi connectivity index (χ3n) is 3.44. The van der Waals surface area contributed by atoms with Crippen LogP contribution in [-0.2, 0) is 24.2 Å². The summed E-state index contributed by atoms with van der Waals surface area (Å²) in [6.45, 7) is 5.68. The molecule has 1 atom stereocenters. The standard InChI is InChI=1S/C12H17N3O/c1-8-10-5-13-6-11(10)15-12(14-8)4-9-2-3-16-7-9/h9,13H,2-7H2,1H3. The second-order valence-corrected chi connectivity index (χ2v) is 4.69. The van der Waals surface area contributed by atoms with Crippen LogP contribution in [0, 0.1) is 12.8 Å². The van der Waals surface area contributed by atoms with Crippen LogP contribution in [0.5, 0.6) is 0 Å². The van der Waals surface area contributed by atoms with Gasteiger partial charge in [0.15, 0.2) is 0 Å². The first kappa shape index (κ1) is 10.2. The van der Waals surface area contributed by atoms with Gasteiger partial charge in [0.1, 0.15) is 5.82 Å². The maximum absolute atomic E-state index is 5.38. The van der Waals surface area contributed by atoms with Crippen molar-refractivity contribution in [2.75, 3.05) is 13.2 Å². The molecule has 0 bridgehead atoms. The highest BCUT2D eigenvalue weighted by Gasteiger charge is 2.20. The zero-order chi connectivity index (χ0) is 11.0. The van der Waals surface area contributed by atoms with Crippen LogP contribution in [-0.4, -0.2) is 23.2 Å². The zero-order valence-corrected chi connectivity index (χ0v) is 9.62. The van der Waals surface area contributed by atoms with Gasteiger partial charge in [-0.1, -0.05) is 0 Å². The van der Waals surface area contributed by atoms with E-state index in [-0.39, 0.29) is 0 Å². The molecule has 0 aliphatic carbocycles. The average Bonchev–Trinajstić information content (AvgIpc) is 2.87. The van der Waals surface area contributed by atoms with Gasteiger partial charge in [-0.05, 0) is 19.3 Å². The number of hydrogen-bond acceptors (Lipinski definition) is 4. The highest BCUT2D eigenvalue weighted by Crippen LogP contribution is 2.20. The molecule has 4 nitrogen and oxygen atoms in total. The lowest BCUT2D eigenvalue weighted by Gasteiger charge is -2.09. The van der Waals surface area contributed by atoms with Gasteiger partial charge in [-0.3, -0.25) is 0 Å². The Bertz CT molecular complexity index is 399. The number of nitrogens with one attached hydrogen (secondary N) is 1. The van der Waals surface area contributed by atoms with E-state index in [0.29, 0.717) is 5.92 Å². The predicted octanol–water partition coefficient (Wildman–Crippen LogP) is 0.967. The van der Waals surface area contributed by atoms with Gasteiger partial charge < -0.3 is 10.1 Å². The van der Waals surface area contributed by atoms with Gasteiger partial charge in [0, 0.05) is 44.0 Å². The van der Waals surface area contributed by atoms with Crippen LogP contribution in [0.25, 0.3) is 0 Å². The van der Waals surface area contributed by atoms with Crippen molar-refractivity contribution in [3.63, 3.8) is 0 Å². The fourth-order valence-corrected chi connectivity index (χ4v) is 2.49. The predicted molar refractivity (Wildman–Crippen MR) is 59.9 cm³/mol. The van der Waals surface area contributed by atoms with E-state index >= 15 is 0 Å². The third kappa shape index (κ3) is 1.83. The van der Waals surface area contributed by atoms with E-state index in [1.165, 1.54) is 11.3 Å². The van der Waals surface area contributed by atoms with Gasteiger partial charge >= 0.3 is 0 Å². The summed E-state index contributed by atoms with van der Waals surface area (Å²) >= 11 is 0. The second kappa shape index (κ2) is 4.11. The Balaban J connectivity index is 1.82. The van der Waals surface area contributed by atoms with Crippen LogP contribution in [0.1, 0.15) is 29.2 Å². The molecule has 1 N–H and O–H groups in total. The number of aromatic nitrogens is 2. The molecule has 16 heavy (non-hydrogen) atoms. The Kier molecular flexibility index (Phi) is 2.61. The summed E-state index contributed by atoms with van der Waals surface area (Å²) in [5.74, 6) is 1.61. The largest absolute Gasteiger partial charge is 0.381 e. The topological polar surface area (TPSA) is 47.0 Å². The maximum Gasteiger partial charge on any atom is 0.129 e. The summed E-state index contributed by atoms with van der Waals surface area (Å²) in [7, 11) is 0. The first-order chi connectivity index (χ1) is 7.83. The summed E-state index contributed by atoms with van der Waals surface area (Å²) in [4.78, 5) is 9.25. The van der Waals surface area contributed by atoms with Crippen molar-refractivity contribution in [3.8, 4) is 0 Å². The summed E-state index contributed by atoms with van der Waals surface area (Å²) in [5, 5.41) is 3.32. The molecular formula is C12H17N3O. The highest BCUT2D eigenvalue weighted by molar-refractivity contribution is 5.28. The minimum atomic E-state index is 0.617. The fourth-order valence-electron chi connectivity index (χ4n) is 2.49. The van der Waals surface area contributed by atoms with Gasteiger partial charge in [0.05, 0.1) is 5.69 Å². The third-order valence-corrected chi connectivity index (χ3v) is 3.44. The summed E-state index contributed by atoms with van der Waals surface area (Å²) in [6.07, 6.45) is 2.12. The number of hydrogen-bond donors (Lipinski definition) is 1. The fraction of sp³-hybridized carbons (Fsp3) is 0.667. The van der Waals surface area contributed by atoms with Crippen molar-refractivity contribution in [2.24, 2.45) is 5.92 Å². The zero-order valence-electron chi connectivity index (χ0n) is 9.62. The van der Waals surface area contributed by atoms with Crippen molar-refractivity contribution in [3.05, 3.63) is 22.8 Å². The van der Waals surface area contributed by atoms with Crippen molar-refractivity contribution in [2.45, 2.75) is 32.9 Å². The van der Waals surface area contributed by atoms with E-state index in [9.17, 15) is 0 Å². The molecule has 3 rings (SSSR count). The van der Waals surface area contributed by atoms with E-state index in [4.69, 9.17) is 4.74 Å². The molecule has 1 saturated heterocycles. The van der Waals surface area contributed by atoms with E-state index < -0.39 is 0 Å². The van der Waals surface area contributed by atoms with Crippen molar-refractivity contribution in [1.82, 2.24) is 15.3 Å². The number of ether oxygens (including phenoxy) is 1. The Labute approximate surface area is 95.4 Å². The molecule has 1 aromatic heterocycles. The molecule has 0 spiro atoms. The van der Waals surface area contributed by atoms with Gasteiger partial charge in [-0.25, -0.2) is 9.97 Å². The molecule has 0 saturated carbocycles. The van der Waals surface area contributed by atoms with Gasteiger partial charge in [0.2, 0.25) is 0 Å². The Morgan fingerprint density at radius 1 is 1.38 bits per heavy atom. The normalized spacial score (nSPS) is 23.7. The molecule has 3 heterocycles. The van der Waals surface area contributed by atoms with Gasteiger partial charge in [-0.15, -0.1) is 0 Å². The number of rotatable bonds is 2. The lowest BCUT2D eigenvalue weighted by atomic mass is 10.0. The lowest BCUT2D eigenvalue weighted by Crippen LogP contribution is -2.10. The van der Waals surface area contributed by atoms with Crippen LogP contribution in [0.3, 0.4) is 0 Å². The lowest BCUT2D eigenvalue weighted by molar-refractivity contribution is 0.185. The molecule has 2 aliphatic rings. The molecule has 0 amide bonds. The first-order valence-corrected chi connectivity index (χ1v) is 5.96. The molecule has 2 aliphatic heterocycles. The summed E-state index contributed by atoms with van der Waals surface area (Å²) < 4.78 is 5.38. The maximum atomic E-state index is 5.38. The Morgan fingerprint density at radius 3 is 3.12 bits per heavy atom. The molecule has 1 unspecified atom stereocenters. The van der Waals surface area contributed by atoms with Gasteiger partial charge in [-0.2, -0.15) is 0 Å². The number of nitrogens with zero attached hydrogens (tertiary/aromatic N) is 2. The molecule has 0 radical (unpaired) electrons. The quantitative estimate of drug-likeness (QED) is 0.805. The molecule has 1 fully saturated rings. The van der Waals surface area contributed by atoms with Crippen molar-refractivity contribution >= 4 is 0 Å². The van der Waals surface area contributed by atoms with Crippen LogP contribution in [0.15, 0.2) is 0 Å². The van der Waals surface area contributed by atoms with E-state index in [1.807, 2.05) is 0 Å². The van der Waals surface area contributed by atoms with Crippen LogP contribution in [0.2, 0.25) is 0 Å². The van der Waals surface area contributed by atoms with Gasteiger partial charge in [0.25, 0.3) is 0 Å². The Morgan fingerprint density at radius 2 is 2.31 bits per heavy atom. The number of aryl methyl sites for hydroxylation is 1. The van der Waals surface area contributed by atoms with Crippen molar-refractivity contribution in [1.29, 1.82) is 0 Å². The SMILES string of the molecule is Cc1nc(CC2CCOC2)nc2c1CNC2. The smallest absolute Gasteiger partial charge is 0.129 e. The average molecular weight is 219 g/mol. The van der Waals surface area contributed by atoms with E-state index in [2.05, 4.69) is 22.2 Å². The minimum Gasteiger partial charge on any atom is -0.381 e. The van der Waals surface area contributed by atoms with Crippen LogP contribution in [0.4, 0.5) is 0 Å². The minimum absolute atomic E-state index is 0.617. The second-order valence-electron chi connectivity index (χ2n) is 4.69. The van der Waals surface area contributed by atoms with Crippen LogP contribution < -0.4 is 5.32 Å². The molecule has 0 aromatic carbocycles. The monoisotopic (exact) mass is 219 g/mol. The van der Waals surface area contributed by atoms with E-state index in [0.717, 1.165) is 50.7 Å². The molecule has 4 heteroatoms. The Hall–Kier alpha value is -1.00. The van der Waals surface area contributed by atoms with Crippen molar-refractivity contribution < 1.29 is 4.74 Å². The first-order valence-electron chi connectivity index (χ1n) is 5.96. The van der Waals surface area contributed by atoms with Crippen LogP contribution >= 0.6 is 0 Å². The van der Waals surface area contributed by atoms with E-state index in [1.54, 1.807) is 0 Å². The molecule has 86 valence electrons. The summed E-state index contributed by atoms with van der Waals surface area (Å²) in [6, 6.07) is 0. The molecular weight excluding hydrogens is 202 g/mol. The summed E-state index contributed by atoms with van der Waals surface area (Å²) in [5.41, 5.74) is 3.64. The number of fused-ring (bicyclic) bond motifs is 1. The highest BCUT2D eigenvalue weighted by atomic mass is 16.5. The molecule has 1 aromatic rings.